The Morgan fingerprint density at radius 2 is 2.00 bits per heavy atom. The SMILES string of the molecule is COc1ccc(OC)c(C(C)NC(=O)c2ccc3c(c2)NC(=O)CCS3)c1. The highest BCUT2D eigenvalue weighted by molar-refractivity contribution is 7.99. The molecule has 1 aliphatic heterocycles. The lowest BCUT2D eigenvalue weighted by atomic mass is 10.1. The van der Waals surface area contributed by atoms with Crippen LogP contribution in [0.25, 0.3) is 0 Å². The van der Waals surface area contributed by atoms with Crippen LogP contribution in [0, 0.1) is 0 Å². The van der Waals surface area contributed by atoms with E-state index in [1.54, 1.807) is 38.1 Å². The third-order valence-electron chi connectivity index (χ3n) is 4.35. The van der Waals surface area contributed by atoms with Crippen molar-refractivity contribution in [3.63, 3.8) is 0 Å². The number of anilines is 1. The van der Waals surface area contributed by atoms with Crippen LogP contribution in [0.1, 0.15) is 35.3 Å². The highest BCUT2D eigenvalue weighted by Crippen LogP contribution is 2.32. The molecule has 6 nitrogen and oxygen atoms in total. The molecule has 0 aromatic heterocycles. The maximum Gasteiger partial charge on any atom is 0.251 e. The molecule has 1 heterocycles. The van der Waals surface area contributed by atoms with E-state index in [1.807, 2.05) is 31.2 Å². The number of methoxy groups -OCH3 is 2. The molecule has 142 valence electrons. The second-order valence-corrected chi connectivity index (χ2v) is 7.30. The lowest BCUT2D eigenvalue weighted by Crippen LogP contribution is -2.27. The van der Waals surface area contributed by atoms with Crippen molar-refractivity contribution in [3.8, 4) is 11.5 Å². The summed E-state index contributed by atoms with van der Waals surface area (Å²) in [5, 5.41) is 5.84. The Labute approximate surface area is 162 Å². The molecule has 0 saturated heterocycles. The number of carbonyl (C=O) groups excluding carboxylic acids is 2. The molecule has 0 aliphatic carbocycles. The molecule has 2 aromatic carbocycles. The first-order chi connectivity index (χ1) is 13.0. The molecule has 0 bridgehead atoms. The molecule has 1 aliphatic rings. The van der Waals surface area contributed by atoms with Gasteiger partial charge in [-0.2, -0.15) is 0 Å². The Morgan fingerprint density at radius 3 is 2.74 bits per heavy atom. The van der Waals surface area contributed by atoms with Gasteiger partial charge in [0.1, 0.15) is 11.5 Å². The van der Waals surface area contributed by atoms with Gasteiger partial charge >= 0.3 is 0 Å². The van der Waals surface area contributed by atoms with E-state index in [0.717, 1.165) is 16.2 Å². The van der Waals surface area contributed by atoms with Gasteiger partial charge in [-0.3, -0.25) is 9.59 Å². The van der Waals surface area contributed by atoms with E-state index in [1.165, 1.54) is 0 Å². The van der Waals surface area contributed by atoms with E-state index < -0.39 is 0 Å². The van der Waals surface area contributed by atoms with Crippen LogP contribution in [-0.2, 0) is 4.79 Å². The van der Waals surface area contributed by atoms with Crippen LogP contribution in [0.4, 0.5) is 5.69 Å². The zero-order chi connectivity index (χ0) is 19.4. The van der Waals surface area contributed by atoms with Crippen molar-refractivity contribution in [1.29, 1.82) is 0 Å². The van der Waals surface area contributed by atoms with Gasteiger partial charge in [-0.1, -0.05) is 0 Å². The van der Waals surface area contributed by atoms with Crippen molar-refractivity contribution < 1.29 is 19.1 Å². The summed E-state index contributed by atoms with van der Waals surface area (Å²) in [6, 6.07) is 10.5. The number of fused-ring (bicyclic) bond motifs is 1. The molecule has 2 aromatic rings. The van der Waals surface area contributed by atoms with Crippen LogP contribution in [0.5, 0.6) is 11.5 Å². The highest BCUT2D eigenvalue weighted by Gasteiger charge is 2.19. The summed E-state index contributed by atoms with van der Waals surface area (Å²) in [5.41, 5.74) is 2.00. The minimum atomic E-state index is -0.287. The van der Waals surface area contributed by atoms with Gasteiger partial charge < -0.3 is 20.1 Å². The first kappa shape index (κ1) is 19.1. The van der Waals surface area contributed by atoms with Crippen molar-refractivity contribution in [1.82, 2.24) is 5.32 Å². The van der Waals surface area contributed by atoms with Crippen molar-refractivity contribution in [2.45, 2.75) is 24.3 Å². The molecular weight excluding hydrogens is 364 g/mol. The zero-order valence-electron chi connectivity index (χ0n) is 15.5. The number of carbonyl (C=O) groups is 2. The fourth-order valence-electron chi connectivity index (χ4n) is 2.90. The van der Waals surface area contributed by atoms with Gasteiger partial charge in [0.2, 0.25) is 5.91 Å². The Hall–Kier alpha value is -2.67. The van der Waals surface area contributed by atoms with Crippen LogP contribution >= 0.6 is 11.8 Å². The topological polar surface area (TPSA) is 76.7 Å². The van der Waals surface area contributed by atoms with Gasteiger partial charge in [0, 0.05) is 28.2 Å². The van der Waals surface area contributed by atoms with Gasteiger partial charge in [0.05, 0.1) is 25.9 Å². The third kappa shape index (κ3) is 4.36. The summed E-state index contributed by atoms with van der Waals surface area (Å²) in [5.74, 6) is 1.84. The minimum Gasteiger partial charge on any atom is -0.497 e. The molecule has 0 radical (unpaired) electrons. The van der Waals surface area contributed by atoms with Crippen LogP contribution in [-0.4, -0.2) is 31.8 Å². The average Bonchev–Trinajstić information content (AvgIpc) is 2.86. The summed E-state index contributed by atoms with van der Waals surface area (Å²) in [6.45, 7) is 1.89. The number of benzene rings is 2. The highest BCUT2D eigenvalue weighted by atomic mass is 32.2. The van der Waals surface area contributed by atoms with Crippen LogP contribution < -0.4 is 20.1 Å². The lowest BCUT2D eigenvalue weighted by molar-refractivity contribution is -0.115. The maximum atomic E-state index is 12.7. The molecular formula is C20H22N2O4S. The van der Waals surface area contributed by atoms with Crippen LogP contribution in [0.15, 0.2) is 41.3 Å². The van der Waals surface area contributed by atoms with Crippen LogP contribution in [0.2, 0.25) is 0 Å². The van der Waals surface area contributed by atoms with Crippen molar-refractivity contribution in [3.05, 3.63) is 47.5 Å². The number of hydrogen-bond acceptors (Lipinski definition) is 5. The van der Waals surface area contributed by atoms with E-state index in [2.05, 4.69) is 10.6 Å². The van der Waals surface area contributed by atoms with E-state index in [-0.39, 0.29) is 17.9 Å². The minimum absolute atomic E-state index is 0.0340. The predicted molar refractivity (Wildman–Crippen MR) is 106 cm³/mol. The van der Waals surface area contributed by atoms with Gasteiger partial charge in [0.15, 0.2) is 0 Å². The fraction of sp³-hybridized carbons (Fsp3) is 0.300. The summed E-state index contributed by atoms with van der Waals surface area (Å²) >= 11 is 1.61. The zero-order valence-corrected chi connectivity index (χ0v) is 16.3. The summed E-state index contributed by atoms with van der Waals surface area (Å²) in [7, 11) is 3.18. The fourth-order valence-corrected chi connectivity index (χ4v) is 3.83. The predicted octanol–water partition coefficient (Wildman–Crippen LogP) is 3.63. The first-order valence-electron chi connectivity index (χ1n) is 8.61. The smallest absolute Gasteiger partial charge is 0.251 e. The van der Waals surface area contributed by atoms with E-state index in [0.29, 0.717) is 29.2 Å². The Bertz CT molecular complexity index is 869. The molecule has 2 amide bonds. The average molecular weight is 386 g/mol. The largest absolute Gasteiger partial charge is 0.497 e. The number of hydrogen-bond donors (Lipinski definition) is 2. The molecule has 0 saturated carbocycles. The molecule has 3 rings (SSSR count). The Morgan fingerprint density at radius 1 is 1.19 bits per heavy atom. The number of thioether (sulfide) groups is 1. The third-order valence-corrected chi connectivity index (χ3v) is 5.43. The first-order valence-corrected chi connectivity index (χ1v) is 9.60. The Kier molecular flexibility index (Phi) is 5.91. The molecule has 2 N–H and O–H groups in total. The summed E-state index contributed by atoms with van der Waals surface area (Å²) in [6.07, 6.45) is 0.466. The maximum absolute atomic E-state index is 12.7. The standard InChI is InChI=1S/C20H22N2O4S/c1-12(15-11-14(25-2)5-6-17(15)26-3)21-20(24)13-4-7-18-16(10-13)22-19(23)8-9-27-18/h4-7,10-12H,8-9H2,1-3H3,(H,21,24)(H,22,23). The van der Waals surface area contributed by atoms with Crippen molar-refractivity contribution >= 4 is 29.3 Å². The van der Waals surface area contributed by atoms with Crippen LogP contribution in [0.3, 0.4) is 0 Å². The number of amides is 2. The van der Waals surface area contributed by atoms with E-state index in [4.69, 9.17) is 9.47 Å². The number of nitrogens with one attached hydrogen (secondary N) is 2. The van der Waals surface area contributed by atoms with Crippen molar-refractivity contribution in [2.75, 3.05) is 25.3 Å². The number of rotatable bonds is 5. The van der Waals surface area contributed by atoms with E-state index in [9.17, 15) is 9.59 Å². The summed E-state index contributed by atoms with van der Waals surface area (Å²) in [4.78, 5) is 25.5. The molecule has 1 unspecified atom stereocenters. The molecule has 1 atom stereocenters. The molecule has 27 heavy (non-hydrogen) atoms. The second kappa shape index (κ2) is 8.35. The normalized spacial score (nSPS) is 14.4. The van der Waals surface area contributed by atoms with Gasteiger partial charge in [-0.05, 0) is 43.3 Å². The second-order valence-electron chi connectivity index (χ2n) is 6.16. The Balaban J connectivity index is 1.80. The quantitative estimate of drug-likeness (QED) is 0.821. The van der Waals surface area contributed by atoms with Gasteiger partial charge in [-0.25, -0.2) is 0 Å². The van der Waals surface area contributed by atoms with E-state index >= 15 is 0 Å². The summed E-state index contributed by atoms with van der Waals surface area (Å²) < 4.78 is 10.7. The van der Waals surface area contributed by atoms with Crippen molar-refractivity contribution in [2.24, 2.45) is 0 Å². The van der Waals surface area contributed by atoms with Gasteiger partial charge in [-0.15, -0.1) is 11.8 Å². The number of ether oxygens (including phenoxy) is 2. The molecule has 0 spiro atoms. The molecule has 7 heteroatoms. The molecule has 0 fully saturated rings. The lowest BCUT2D eigenvalue weighted by Gasteiger charge is -2.18. The van der Waals surface area contributed by atoms with Gasteiger partial charge in [0.25, 0.3) is 5.91 Å². The monoisotopic (exact) mass is 386 g/mol.